The molecule has 1 aliphatic rings. The van der Waals surface area contributed by atoms with E-state index in [1.165, 1.54) is 12.3 Å². The second kappa shape index (κ2) is 6.75. The van der Waals surface area contributed by atoms with E-state index in [1.807, 2.05) is 0 Å². The van der Waals surface area contributed by atoms with Crippen LogP contribution in [0.1, 0.15) is 5.76 Å². The van der Waals surface area contributed by atoms with Crippen LogP contribution in [0.4, 0.5) is 5.69 Å². The van der Waals surface area contributed by atoms with E-state index in [2.05, 4.69) is 5.32 Å². The van der Waals surface area contributed by atoms with Gasteiger partial charge in [-0.1, -0.05) is 29.8 Å². The molecular weight excluding hydrogens is 388 g/mol. The van der Waals surface area contributed by atoms with Gasteiger partial charge in [0, 0.05) is 16.1 Å². The van der Waals surface area contributed by atoms with E-state index < -0.39 is 15.9 Å². The lowest BCUT2D eigenvalue weighted by Crippen LogP contribution is -2.42. The fourth-order valence-corrected chi connectivity index (χ4v) is 4.88. The van der Waals surface area contributed by atoms with Gasteiger partial charge < -0.3 is 9.73 Å². The van der Waals surface area contributed by atoms with E-state index in [1.54, 1.807) is 48.5 Å². The third-order valence-electron chi connectivity index (χ3n) is 4.30. The number of nitrogens with one attached hydrogen (secondary N) is 1. The molecule has 0 unspecified atom stereocenters. The predicted molar refractivity (Wildman–Crippen MR) is 102 cm³/mol. The van der Waals surface area contributed by atoms with E-state index in [9.17, 15) is 13.2 Å². The minimum atomic E-state index is -3.87. The molecule has 0 fully saturated rings. The smallest absolute Gasteiger partial charge is 0.265 e. The van der Waals surface area contributed by atoms with E-state index >= 15 is 0 Å². The third-order valence-corrected chi connectivity index (χ3v) is 6.35. The molecule has 1 aliphatic heterocycles. The van der Waals surface area contributed by atoms with Crippen molar-refractivity contribution >= 4 is 33.2 Å². The highest BCUT2D eigenvalue weighted by molar-refractivity contribution is 7.93. The third kappa shape index (κ3) is 3.20. The van der Waals surface area contributed by atoms with Crippen molar-refractivity contribution in [3.8, 4) is 11.1 Å². The molecule has 0 atom stereocenters. The number of benzene rings is 2. The van der Waals surface area contributed by atoms with Gasteiger partial charge in [0.2, 0.25) is 5.91 Å². The zero-order chi connectivity index (χ0) is 19.0. The molecule has 138 valence electrons. The van der Waals surface area contributed by atoms with Crippen LogP contribution in [-0.2, 0) is 21.4 Å². The van der Waals surface area contributed by atoms with Crippen LogP contribution in [0.15, 0.2) is 70.2 Å². The van der Waals surface area contributed by atoms with Crippen LogP contribution in [0.5, 0.6) is 0 Å². The molecule has 27 heavy (non-hydrogen) atoms. The minimum Gasteiger partial charge on any atom is -0.467 e. The Morgan fingerprint density at radius 1 is 1.07 bits per heavy atom. The molecule has 8 heteroatoms. The Morgan fingerprint density at radius 2 is 1.89 bits per heavy atom. The number of carbonyl (C=O) groups excluding carboxylic acids is 1. The molecule has 0 radical (unpaired) electrons. The number of sulfonamides is 1. The van der Waals surface area contributed by atoms with Gasteiger partial charge >= 0.3 is 0 Å². The largest absolute Gasteiger partial charge is 0.467 e. The van der Waals surface area contributed by atoms with Crippen LogP contribution < -0.4 is 9.62 Å². The fraction of sp³-hybridized carbons (Fsp3) is 0.105. The maximum Gasteiger partial charge on any atom is 0.265 e. The number of carbonyl (C=O) groups is 1. The van der Waals surface area contributed by atoms with Crippen molar-refractivity contribution < 1.29 is 17.6 Å². The normalized spacial score (nSPS) is 14.3. The predicted octanol–water partition coefficient (Wildman–Crippen LogP) is 3.43. The first-order valence-corrected chi connectivity index (χ1v) is 9.99. The van der Waals surface area contributed by atoms with Gasteiger partial charge in [0.15, 0.2) is 0 Å². The zero-order valence-electron chi connectivity index (χ0n) is 14.1. The van der Waals surface area contributed by atoms with Gasteiger partial charge in [-0.25, -0.2) is 8.42 Å². The SMILES string of the molecule is O=C(CN1c2ccc(Cl)cc2-c2ccccc2S1(=O)=O)NCc1ccco1. The maximum atomic E-state index is 13.1. The van der Waals surface area contributed by atoms with Gasteiger partial charge in [0.05, 0.1) is 23.4 Å². The van der Waals surface area contributed by atoms with Crippen molar-refractivity contribution in [1.29, 1.82) is 0 Å². The first-order chi connectivity index (χ1) is 13.0. The minimum absolute atomic E-state index is 0.151. The van der Waals surface area contributed by atoms with Crippen LogP contribution in [0.3, 0.4) is 0 Å². The second-order valence-corrected chi connectivity index (χ2v) is 8.29. The van der Waals surface area contributed by atoms with Crippen molar-refractivity contribution in [2.45, 2.75) is 11.4 Å². The van der Waals surface area contributed by atoms with Gasteiger partial charge in [0.1, 0.15) is 12.3 Å². The second-order valence-electron chi connectivity index (χ2n) is 6.03. The van der Waals surface area contributed by atoms with Gasteiger partial charge in [0.25, 0.3) is 10.0 Å². The molecule has 2 aromatic carbocycles. The Kier molecular flexibility index (Phi) is 4.41. The summed E-state index contributed by atoms with van der Waals surface area (Å²) in [7, 11) is -3.87. The number of furan rings is 1. The van der Waals surface area contributed by atoms with Crippen LogP contribution in [-0.4, -0.2) is 20.9 Å². The van der Waals surface area contributed by atoms with E-state index in [4.69, 9.17) is 16.0 Å². The number of fused-ring (bicyclic) bond motifs is 3. The Labute approximate surface area is 161 Å². The molecule has 2 heterocycles. The van der Waals surface area contributed by atoms with Gasteiger partial charge in [-0.3, -0.25) is 9.10 Å². The quantitative estimate of drug-likeness (QED) is 0.725. The van der Waals surface area contributed by atoms with Crippen LogP contribution in [0.2, 0.25) is 5.02 Å². The first kappa shape index (κ1) is 17.6. The number of anilines is 1. The lowest BCUT2D eigenvalue weighted by atomic mass is 10.0. The summed E-state index contributed by atoms with van der Waals surface area (Å²) in [4.78, 5) is 12.5. The summed E-state index contributed by atoms with van der Waals surface area (Å²) in [6.07, 6.45) is 1.51. The number of hydrogen-bond acceptors (Lipinski definition) is 4. The van der Waals surface area contributed by atoms with E-state index in [-0.39, 0.29) is 18.0 Å². The number of halogens is 1. The highest BCUT2D eigenvalue weighted by Gasteiger charge is 2.35. The molecule has 0 saturated heterocycles. The summed E-state index contributed by atoms with van der Waals surface area (Å²) in [5, 5.41) is 3.16. The number of hydrogen-bond donors (Lipinski definition) is 1. The van der Waals surface area contributed by atoms with Crippen molar-refractivity contribution in [2.24, 2.45) is 0 Å². The highest BCUT2D eigenvalue weighted by Crippen LogP contribution is 2.43. The van der Waals surface area contributed by atoms with Crippen LogP contribution in [0, 0.1) is 0 Å². The Morgan fingerprint density at radius 3 is 2.67 bits per heavy atom. The standard InChI is InChI=1S/C19H15ClN2O4S/c20-13-7-8-17-16(10-13)15-5-1-2-6-18(15)27(24,25)22(17)12-19(23)21-11-14-4-3-9-26-14/h1-10H,11-12H2,(H,21,23). The molecule has 1 N–H and O–H groups in total. The summed E-state index contributed by atoms with van der Waals surface area (Å²) >= 11 is 6.12. The molecule has 6 nitrogen and oxygen atoms in total. The number of amides is 1. The van der Waals surface area contributed by atoms with E-state index in [0.717, 1.165) is 4.31 Å². The summed E-state index contributed by atoms with van der Waals surface area (Å²) in [6.45, 7) is -0.157. The van der Waals surface area contributed by atoms with Gasteiger partial charge in [-0.15, -0.1) is 0 Å². The highest BCUT2D eigenvalue weighted by atomic mass is 35.5. The molecule has 1 amide bonds. The van der Waals surface area contributed by atoms with Crippen LogP contribution >= 0.6 is 11.6 Å². The Hall–Kier alpha value is -2.77. The zero-order valence-corrected chi connectivity index (χ0v) is 15.6. The van der Waals surface area contributed by atoms with E-state index in [0.29, 0.717) is 27.6 Å². The Balaban J connectivity index is 1.69. The Bertz CT molecular complexity index is 1110. The molecule has 0 aliphatic carbocycles. The van der Waals surface area contributed by atoms with Gasteiger partial charge in [-0.2, -0.15) is 0 Å². The molecule has 3 aromatic rings. The summed E-state index contributed by atoms with van der Waals surface area (Å²) in [5.74, 6) is 0.151. The van der Waals surface area contributed by atoms with Crippen molar-refractivity contribution in [3.63, 3.8) is 0 Å². The lowest BCUT2D eigenvalue weighted by molar-refractivity contribution is -0.119. The average molecular weight is 403 g/mol. The van der Waals surface area contributed by atoms with Crippen molar-refractivity contribution in [3.05, 3.63) is 71.6 Å². The topological polar surface area (TPSA) is 79.6 Å². The summed E-state index contributed by atoms with van der Waals surface area (Å²) in [5.41, 5.74) is 1.67. The van der Waals surface area contributed by atoms with Crippen LogP contribution in [0.25, 0.3) is 11.1 Å². The summed E-state index contributed by atoms with van der Waals surface area (Å²) < 4.78 is 32.5. The lowest BCUT2D eigenvalue weighted by Gasteiger charge is -2.31. The number of rotatable bonds is 4. The average Bonchev–Trinajstić information content (AvgIpc) is 3.17. The molecular formula is C19H15ClN2O4S. The molecule has 1 aromatic heterocycles. The fourth-order valence-electron chi connectivity index (χ4n) is 3.06. The maximum absolute atomic E-state index is 13.1. The summed E-state index contributed by atoms with van der Waals surface area (Å²) in [6, 6.07) is 15.1. The molecule has 0 saturated carbocycles. The van der Waals surface area contributed by atoms with Gasteiger partial charge in [-0.05, 0) is 36.4 Å². The van der Waals surface area contributed by atoms with Crippen molar-refractivity contribution in [1.82, 2.24) is 5.32 Å². The number of nitrogens with zero attached hydrogens (tertiary/aromatic N) is 1. The monoisotopic (exact) mass is 402 g/mol. The first-order valence-electron chi connectivity index (χ1n) is 8.17. The molecule has 0 bridgehead atoms. The van der Waals surface area contributed by atoms with Crippen molar-refractivity contribution in [2.75, 3.05) is 10.8 Å². The molecule has 4 rings (SSSR count). The molecule has 0 spiro atoms.